The van der Waals surface area contributed by atoms with Crippen LogP contribution in [0.25, 0.3) is 11.4 Å². The molecule has 2 aromatic rings. The molecule has 0 aliphatic rings. The van der Waals surface area contributed by atoms with E-state index >= 15 is 0 Å². The van der Waals surface area contributed by atoms with E-state index in [1.807, 2.05) is 7.05 Å². The van der Waals surface area contributed by atoms with E-state index in [9.17, 15) is 0 Å². The third-order valence-electron chi connectivity index (χ3n) is 1.64. The maximum Gasteiger partial charge on any atom is 0.122 e. The Hall–Kier alpha value is -1.56. The van der Waals surface area contributed by atoms with Gasteiger partial charge in [0.05, 0.1) is 24.3 Å². The van der Waals surface area contributed by atoms with E-state index in [0.29, 0.717) is 4.64 Å². The van der Waals surface area contributed by atoms with Gasteiger partial charge < -0.3 is 4.98 Å². The van der Waals surface area contributed by atoms with E-state index in [0.717, 1.165) is 11.4 Å². The molecule has 0 saturated carbocycles. The number of hydrogen-bond acceptors (Lipinski definition) is 4. The summed E-state index contributed by atoms with van der Waals surface area (Å²) in [7, 11) is 1.81. The Labute approximate surface area is 79.4 Å². The minimum absolute atomic E-state index is 0.596. The van der Waals surface area contributed by atoms with Crippen molar-refractivity contribution >= 4 is 12.2 Å². The predicted molar refractivity (Wildman–Crippen MR) is 49.4 cm³/mol. The molecule has 0 fully saturated rings. The van der Waals surface area contributed by atoms with E-state index in [-0.39, 0.29) is 0 Å². The van der Waals surface area contributed by atoms with Gasteiger partial charge in [-0.2, -0.15) is 0 Å². The number of rotatable bonds is 1. The smallest absolute Gasteiger partial charge is 0.122 e. The Morgan fingerprint density at radius 3 is 2.85 bits per heavy atom. The van der Waals surface area contributed by atoms with Gasteiger partial charge in [-0.3, -0.25) is 4.98 Å². The summed E-state index contributed by atoms with van der Waals surface area (Å²) >= 11 is 4.95. The van der Waals surface area contributed by atoms with Crippen LogP contribution in [0.2, 0.25) is 0 Å². The molecular formula is C7H7N5S. The molecule has 5 nitrogen and oxygen atoms in total. The second kappa shape index (κ2) is 3.06. The Morgan fingerprint density at radius 2 is 2.23 bits per heavy atom. The molecule has 0 amide bonds. The van der Waals surface area contributed by atoms with Gasteiger partial charge in [0.2, 0.25) is 0 Å². The molecule has 66 valence electrons. The first-order valence-corrected chi connectivity index (χ1v) is 4.07. The van der Waals surface area contributed by atoms with Crippen molar-refractivity contribution in [3.8, 4) is 11.4 Å². The van der Waals surface area contributed by atoms with Gasteiger partial charge in [-0.1, -0.05) is 17.4 Å². The van der Waals surface area contributed by atoms with Crippen LogP contribution in [0.3, 0.4) is 0 Å². The van der Waals surface area contributed by atoms with Crippen LogP contribution in [-0.4, -0.2) is 25.0 Å². The second-order valence-electron chi connectivity index (χ2n) is 2.55. The van der Waals surface area contributed by atoms with Gasteiger partial charge in [-0.15, -0.1) is 5.10 Å². The van der Waals surface area contributed by atoms with Gasteiger partial charge in [-0.25, -0.2) is 4.68 Å². The van der Waals surface area contributed by atoms with E-state index < -0.39 is 0 Å². The van der Waals surface area contributed by atoms with E-state index in [1.54, 1.807) is 23.3 Å². The summed E-state index contributed by atoms with van der Waals surface area (Å²) in [5.41, 5.74) is 1.68. The second-order valence-corrected chi connectivity index (χ2v) is 2.99. The average molecular weight is 193 g/mol. The van der Waals surface area contributed by atoms with Gasteiger partial charge >= 0.3 is 0 Å². The largest absolute Gasteiger partial charge is 0.342 e. The lowest BCUT2D eigenvalue weighted by molar-refractivity contribution is 0.719. The minimum Gasteiger partial charge on any atom is -0.342 e. The van der Waals surface area contributed by atoms with Crippen molar-refractivity contribution in [3.05, 3.63) is 23.2 Å². The van der Waals surface area contributed by atoms with Crippen LogP contribution >= 0.6 is 12.2 Å². The fourth-order valence-corrected chi connectivity index (χ4v) is 1.21. The summed E-state index contributed by atoms with van der Waals surface area (Å²) in [5, 5.41) is 7.57. The number of aromatic nitrogens is 5. The van der Waals surface area contributed by atoms with Crippen LogP contribution in [-0.2, 0) is 7.05 Å². The summed E-state index contributed by atoms with van der Waals surface area (Å²) in [4.78, 5) is 6.98. The molecule has 1 N–H and O–H groups in total. The van der Waals surface area contributed by atoms with Crippen molar-refractivity contribution < 1.29 is 0 Å². The van der Waals surface area contributed by atoms with Crippen LogP contribution < -0.4 is 0 Å². The molecule has 0 aliphatic heterocycles. The molecule has 0 bridgehead atoms. The van der Waals surface area contributed by atoms with Gasteiger partial charge in [0.25, 0.3) is 0 Å². The zero-order valence-corrected chi connectivity index (χ0v) is 7.75. The monoisotopic (exact) mass is 193 g/mol. The fraction of sp³-hybridized carbons (Fsp3) is 0.143. The molecule has 0 aliphatic carbocycles. The number of H-pyrrole nitrogens is 1. The molecule has 0 saturated heterocycles. The van der Waals surface area contributed by atoms with Crippen molar-refractivity contribution in [2.24, 2.45) is 7.05 Å². The molecule has 2 heterocycles. The first-order chi connectivity index (χ1) is 6.27. The quantitative estimate of drug-likeness (QED) is 0.684. The molecular weight excluding hydrogens is 186 g/mol. The van der Waals surface area contributed by atoms with E-state index in [2.05, 4.69) is 20.3 Å². The summed E-state index contributed by atoms with van der Waals surface area (Å²) < 4.78 is 2.25. The van der Waals surface area contributed by atoms with Crippen LogP contribution in [0.1, 0.15) is 0 Å². The number of aryl methyl sites for hydroxylation is 1. The minimum atomic E-state index is 0.596. The van der Waals surface area contributed by atoms with E-state index in [1.165, 1.54) is 0 Å². The highest BCUT2D eigenvalue weighted by atomic mass is 32.1. The highest BCUT2D eigenvalue weighted by Crippen LogP contribution is 2.11. The fourth-order valence-electron chi connectivity index (χ4n) is 1.04. The Bertz CT molecular complexity index is 471. The Balaban J connectivity index is 2.59. The lowest BCUT2D eigenvalue weighted by Gasteiger charge is -1.98. The Kier molecular flexibility index (Phi) is 1.90. The number of nitrogens with one attached hydrogen (secondary N) is 1. The Morgan fingerprint density at radius 1 is 1.38 bits per heavy atom. The number of aromatic amines is 1. The van der Waals surface area contributed by atoms with Crippen molar-refractivity contribution in [2.75, 3.05) is 0 Å². The first kappa shape index (κ1) is 8.06. The van der Waals surface area contributed by atoms with Crippen molar-refractivity contribution in [1.29, 1.82) is 0 Å². The lowest BCUT2D eigenvalue weighted by atomic mass is 10.3. The number of nitrogens with zero attached hydrogens (tertiary/aromatic N) is 4. The highest BCUT2D eigenvalue weighted by Gasteiger charge is 2.02. The zero-order valence-electron chi connectivity index (χ0n) is 6.93. The maximum absolute atomic E-state index is 4.95. The van der Waals surface area contributed by atoms with Crippen molar-refractivity contribution in [3.63, 3.8) is 0 Å². The number of hydrogen-bond donors (Lipinski definition) is 1. The van der Waals surface area contributed by atoms with Gasteiger partial charge in [0.15, 0.2) is 0 Å². The SMILES string of the molecule is Cn1nncc1-c1cncc(=S)[nH]1. The van der Waals surface area contributed by atoms with Crippen LogP contribution in [0, 0.1) is 4.64 Å². The molecule has 0 aromatic carbocycles. The maximum atomic E-state index is 4.95. The molecule has 0 radical (unpaired) electrons. The van der Waals surface area contributed by atoms with Crippen LogP contribution in [0.4, 0.5) is 0 Å². The molecule has 0 spiro atoms. The van der Waals surface area contributed by atoms with Crippen LogP contribution in [0.15, 0.2) is 18.6 Å². The normalized spacial score (nSPS) is 10.2. The molecule has 2 rings (SSSR count). The molecule has 0 atom stereocenters. The third kappa shape index (κ3) is 1.48. The summed E-state index contributed by atoms with van der Waals surface area (Å²) in [6.45, 7) is 0. The first-order valence-electron chi connectivity index (χ1n) is 3.67. The zero-order chi connectivity index (χ0) is 9.26. The third-order valence-corrected chi connectivity index (χ3v) is 1.85. The van der Waals surface area contributed by atoms with Crippen LogP contribution in [0.5, 0.6) is 0 Å². The van der Waals surface area contributed by atoms with Gasteiger partial charge in [0, 0.05) is 7.05 Å². The summed E-state index contributed by atoms with van der Waals surface area (Å²) in [6, 6.07) is 0. The van der Waals surface area contributed by atoms with Gasteiger partial charge in [-0.05, 0) is 0 Å². The topological polar surface area (TPSA) is 59.4 Å². The molecule has 13 heavy (non-hydrogen) atoms. The van der Waals surface area contributed by atoms with Gasteiger partial charge in [0.1, 0.15) is 10.3 Å². The lowest BCUT2D eigenvalue weighted by Crippen LogP contribution is -1.95. The highest BCUT2D eigenvalue weighted by molar-refractivity contribution is 7.71. The van der Waals surface area contributed by atoms with Crippen molar-refractivity contribution in [2.45, 2.75) is 0 Å². The molecule has 6 heteroatoms. The summed E-state index contributed by atoms with van der Waals surface area (Å²) in [5.74, 6) is 0. The average Bonchev–Trinajstić information content (AvgIpc) is 2.51. The molecule has 2 aromatic heterocycles. The van der Waals surface area contributed by atoms with E-state index in [4.69, 9.17) is 12.2 Å². The predicted octanol–water partition coefficient (Wildman–Crippen LogP) is 0.935. The summed E-state index contributed by atoms with van der Waals surface area (Å²) in [6.07, 6.45) is 4.93. The molecule has 0 unspecified atom stereocenters. The van der Waals surface area contributed by atoms with Crippen molar-refractivity contribution in [1.82, 2.24) is 25.0 Å². The standard InChI is InChI=1S/C7H7N5S/c1-12-6(3-9-11-12)5-2-8-4-7(13)10-5/h2-4H,1H3,(H,10,13).